The summed E-state index contributed by atoms with van der Waals surface area (Å²) in [5.74, 6) is 2.33. The van der Waals surface area contributed by atoms with Crippen LogP contribution >= 0.6 is 0 Å². The molecule has 77 heavy (non-hydrogen) atoms. The van der Waals surface area contributed by atoms with Gasteiger partial charge < -0.3 is 46.0 Å². The Bertz CT molecular complexity index is 4380. The summed E-state index contributed by atoms with van der Waals surface area (Å²) in [6.45, 7) is 2.61. The zero-order valence-electron chi connectivity index (χ0n) is 40.9. The van der Waals surface area contributed by atoms with Crippen molar-refractivity contribution in [1.82, 2.24) is 107 Å². The second-order valence-electron chi connectivity index (χ2n) is 16.7. The largest absolute Gasteiger partial charge is 0.493 e. The molecule has 13 heterocycles. The molecule has 9 N–H and O–H groups in total. The number of ether oxygens (including phenoxy) is 2. The SMILES string of the molecule is COc1ccnc(Cn2c(=O)[nH]c3c(N)nc(-n4cccn4)nc32)c1OC.Cc1ccc(Cn2c(=O)[nH]c3c(N)nc(-n4cccn4)nc32)nc1.Nc1nc(-n2cccn2)nc2c1[nH]c(=O)n2Cc1cn2ccccc2n1. The smallest absolute Gasteiger partial charge is 0.328 e. The molecule has 13 aromatic rings. The predicted octanol–water partition coefficient (Wildman–Crippen LogP) is 1.57. The zero-order valence-corrected chi connectivity index (χ0v) is 40.9. The number of hydrogen-bond acceptors (Lipinski definition) is 20. The summed E-state index contributed by atoms with van der Waals surface area (Å²) in [6, 6.07) is 16.5. The van der Waals surface area contributed by atoms with Crippen molar-refractivity contribution in [2.75, 3.05) is 31.4 Å². The molecular weight excluding hydrogens is 995 g/mol. The Labute approximate surface area is 430 Å². The molecule has 30 heteroatoms. The first-order chi connectivity index (χ1) is 37.4. The highest BCUT2D eigenvalue weighted by Gasteiger charge is 2.21. The number of H-pyrrole nitrogens is 3. The molecule has 0 fully saturated rings. The van der Waals surface area contributed by atoms with Gasteiger partial charge in [-0.3, -0.25) is 23.7 Å². The van der Waals surface area contributed by atoms with Gasteiger partial charge in [0.15, 0.2) is 45.9 Å². The number of nitrogens with two attached hydrogens (primary N) is 3. The Balaban J connectivity index is 0.000000123. The molecule has 0 radical (unpaired) electrons. The summed E-state index contributed by atoms with van der Waals surface area (Å²) >= 11 is 0. The van der Waals surface area contributed by atoms with Crippen LogP contribution in [0.1, 0.15) is 22.6 Å². The molecule has 0 atom stereocenters. The monoisotopic (exact) mass is 1040 g/mol. The quantitative estimate of drug-likeness (QED) is 0.107. The molecule has 13 rings (SSSR count). The van der Waals surface area contributed by atoms with Crippen LogP contribution in [0.2, 0.25) is 0 Å². The Morgan fingerprint density at radius 3 is 1.47 bits per heavy atom. The lowest BCUT2D eigenvalue weighted by Crippen LogP contribution is -2.19. The van der Waals surface area contributed by atoms with Crippen molar-refractivity contribution in [3.05, 3.63) is 171 Å². The fourth-order valence-electron chi connectivity index (χ4n) is 8.12. The summed E-state index contributed by atoms with van der Waals surface area (Å²) in [4.78, 5) is 84.4. The maximum Gasteiger partial charge on any atom is 0.328 e. The molecule has 0 aliphatic carbocycles. The summed E-state index contributed by atoms with van der Waals surface area (Å²) in [6.07, 6.45) is 17.0. The van der Waals surface area contributed by atoms with E-state index in [2.05, 4.69) is 75.1 Å². The van der Waals surface area contributed by atoms with Crippen LogP contribution in [0.3, 0.4) is 0 Å². The predicted molar refractivity (Wildman–Crippen MR) is 278 cm³/mol. The van der Waals surface area contributed by atoms with E-state index in [-0.39, 0.29) is 54.4 Å². The number of nitrogens with zero attached hydrogens (tertiary/aromatic N) is 19. The normalized spacial score (nSPS) is 11.3. The van der Waals surface area contributed by atoms with Gasteiger partial charge in [-0.15, -0.1) is 0 Å². The van der Waals surface area contributed by atoms with Gasteiger partial charge >= 0.3 is 17.1 Å². The molecule has 0 aromatic carbocycles. The van der Waals surface area contributed by atoms with Gasteiger partial charge in [0.25, 0.3) is 17.8 Å². The minimum absolute atomic E-state index is 0.105. The first-order valence-electron chi connectivity index (χ1n) is 23.1. The van der Waals surface area contributed by atoms with E-state index in [1.54, 1.807) is 73.8 Å². The van der Waals surface area contributed by atoms with E-state index >= 15 is 0 Å². The second kappa shape index (κ2) is 19.9. The molecule has 0 saturated carbocycles. The van der Waals surface area contributed by atoms with Crippen LogP contribution in [0.4, 0.5) is 17.5 Å². The van der Waals surface area contributed by atoms with Gasteiger partial charge in [0.1, 0.15) is 27.9 Å². The van der Waals surface area contributed by atoms with Gasteiger partial charge in [0.05, 0.1) is 45.2 Å². The lowest BCUT2D eigenvalue weighted by Gasteiger charge is -2.12. The molecule has 0 unspecified atom stereocenters. The number of aryl methyl sites for hydroxylation is 1. The summed E-state index contributed by atoms with van der Waals surface area (Å²) in [7, 11) is 3.04. The van der Waals surface area contributed by atoms with Crippen molar-refractivity contribution in [2.45, 2.75) is 26.6 Å². The number of methoxy groups -OCH3 is 2. The lowest BCUT2D eigenvalue weighted by atomic mass is 10.3. The Kier molecular flexibility index (Phi) is 12.4. The van der Waals surface area contributed by atoms with Gasteiger partial charge in [-0.1, -0.05) is 12.1 Å². The minimum Gasteiger partial charge on any atom is -0.493 e. The standard InChI is InChI=1S/C16H13N9O.C16H16N8O3.C15H14N8O/c17-13-12-14(22-15(21-13)25-7-3-5-18-25)24(16(26)20-12)9-10-8-23-6-2-1-4-11(23)19-10;1-26-10-4-6-18-9(12(10)27-2)8-23-14-11(20-16(23)25)13(17)21-15(22-14)24-7-3-5-19-24;1-9-3-4-10(17-7-9)8-22-13-11(19-15(22)24)12(16)20-14(21-13)23-6-2-5-18-23/h1-8H,9H2,(H,20,26)(H2,17,21,22);3-7H,8H2,1-2H3,(H,20,25)(H2,17,21,22);2-7H,8H2,1H3,(H,19,24)(H2,16,20,21). The number of aromatic nitrogens is 22. The topological polar surface area (TPSA) is 384 Å². The molecule has 0 bridgehead atoms. The van der Waals surface area contributed by atoms with Crippen molar-refractivity contribution in [3.8, 4) is 29.3 Å². The van der Waals surface area contributed by atoms with E-state index in [0.717, 1.165) is 22.6 Å². The van der Waals surface area contributed by atoms with E-state index in [1.165, 1.54) is 42.0 Å². The number of aromatic amines is 3. The Morgan fingerprint density at radius 1 is 0.519 bits per heavy atom. The molecule has 0 amide bonds. The molecule has 0 spiro atoms. The van der Waals surface area contributed by atoms with Gasteiger partial charge in [-0.25, -0.2) is 33.4 Å². The fraction of sp³-hybridized carbons (Fsp3) is 0.128. The molecule has 30 nitrogen and oxygen atoms in total. The molecule has 13 aromatic heterocycles. The number of fused-ring (bicyclic) bond motifs is 4. The van der Waals surface area contributed by atoms with Crippen molar-refractivity contribution in [1.29, 1.82) is 0 Å². The molecular formula is C47H43N25O5. The highest BCUT2D eigenvalue weighted by molar-refractivity contribution is 5.84. The zero-order chi connectivity index (χ0) is 53.3. The van der Waals surface area contributed by atoms with Crippen LogP contribution in [-0.2, 0) is 19.6 Å². The van der Waals surface area contributed by atoms with Crippen molar-refractivity contribution in [2.24, 2.45) is 0 Å². The lowest BCUT2D eigenvalue weighted by molar-refractivity contribution is 0.348. The number of hydrogen-bond donors (Lipinski definition) is 6. The first-order valence-corrected chi connectivity index (χ1v) is 23.1. The number of pyridine rings is 3. The average molecular weight is 1040 g/mol. The van der Waals surface area contributed by atoms with E-state index in [1.807, 2.05) is 54.0 Å². The van der Waals surface area contributed by atoms with E-state index in [4.69, 9.17) is 26.7 Å². The maximum absolute atomic E-state index is 12.5. The van der Waals surface area contributed by atoms with Crippen LogP contribution in [0.25, 0.3) is 57.0 Å². The van der Waals surface area contributed by atoms with Gasteiger partial charge in [-0.2, -0.15) is 45.2 Å². The summed E-state index contributed by atoms with van der Waals surface area (Å²) in [5.41, 5.74) is 23.1. The third-order valence-corrected chi connectivity index (χ3v) is 11.7. The molecule has 386 valence electrons. The number of nitrogen functional groups attached to an aromatic ring is 3. The highest BCUT2D eigenvalue weighted by atomic mass is 16.5. The number of anilines is 3. The van der Waals surface area contributed by atoms with Crippen LogP contribution < -0.4 is 43.7 Å². The molecule has 0 saturated heterocycles. The maximum atomic E-state index is 12.5. The van der Waals surface area contributed by atoms with Crippen molar-refractivity contribution >= 4 is 56.6 Å². The molecule has 0 aliphatic heterocycles. The van der Waals surface area contributed by atoms with Crippen LogP contribution in [0, 0.1) is 6.92 Å². The first kappa shape index (κ1) is 48.0. The Hall–Kier alpha value is -11.3. The van der Waals surface area contributed by atoms with Crippen LogP contribution in [0.15, 0.2) is 131 Å². The van der Waals surface area contributed by atoms with Crippen LogP contribution in [-0.4, -0.2) is 121 Å². The van der Waals surface area contributed by atoms with Gasteiger partial charge in [0.2, 0.25) is 0 Å². The van der Waals surface area contributed by atoms with E-state index in [9.17, 15) is 14.4 Å². The summed E-state index contributed by atoms with van der Waals surface area (Å²) < 4.78 is 21.4. The highest BCUT2D eigenvalue weighted by Crippen LogP contribution is 2.30. The summed E-state index contributed by atoms with van der Waals surface area (Å²) in [5, 5.41) is 12.3. The van der Waals surface area contributed by atoms with Crippen LogP contribution in [0.5, 0.6) is 11.5 Å². The number of imidazole rings is 4. The number of rotatable bonds is 11. The van der Waals surface area contributed by atoms with Crippen molar-refractivity contribution in [3.63, 3.8) is 0 Å². The third kappa shape index (κ3) is 9.37. The molecule has 0 aliphatic rings. The Morgan fingerprint density at radius 2 is 1.03 bits per heavy atom. The van der Waals surface area contributed by atoms with E-state index < -0.39 is 5.69 Å². The second-order valence-corrected chi connectivity index (χ2v) is 16.7. The third-order valence-electron chi connectivity index (χ3n) is 11.7. The number of nitrogens with one attached hydrogen (secondary N) is 3. The van der Waals surface area contributed by atoms with E-state index in [0.29, 0.717) is 62.6 Å². The fourth-order valence-corrected chi connectivity index (χ4v) is 8.12. The minimum atomic E-state index is -0.393. The average Bonchev–Trinajstić information content (AvgIpc) is 4.37. The van der Waals surface area contributed by atoms with Crippen molar-refractivity contribution < 1.29 is 9.47 Å². The van der Waals surface area contributed by atoms with Gasteiger partial charge in [-0.05, 0) is 48.9 Å². The van der Waals surface area contributed by atoms with Gasteiger partial charge in [0, 0.05) is 68.0 Å².